The monoisotopic (exact) mass is 647 g/mol. The molecule has 3 aliphatic rings. The van der Waals surface area contributed by atoms with Gasteiger partial charge in [0.25, 0.3) is 0 Å². The first-order chi connectivity index (χ1) is 20.9. The largest absolute Gasteiger partial charge is 0.495 e. The summed E-state index contributed by atoms with van der Waals surface area (Å²) in [6.45, 7) is 4.18. The van der Waals surface area contributed by atoms with E-state index in [2.05, 4.69) is 27.4 Å². The Balaban J connectivity index is 1.16. The lowest BCUT2D eigenvalue weighted by Gasteiger charge is -2.58. The lowest BCUT2D eigenvalue weighted by atomic mass is 9.75. The molecule has 0 atom stereocenters. The van der Waals surface area contributed by atoms with Crippen molar-refractivity contribution in [3.8, 4) is 17.6 Å². The summed E-state index contributed by atoms with van der Waals surface area (Å²) in [6.07, 6.45) is -0.0464. The van der Waals surface area contributed by atoms with Gasteiger partial charge in [0.15, 0.2) is 9.84 Å². The van der Waals surface area contributed by atoms with Crippen LogP contribution in [0.1, 0.15) is 36.1 Å². The number of nitrogens with zero attached hydrogens (tertiary/aromatic N) is 1. The summed E-state index contributed by atoms with van der Waals surface area (Å²) in [7, 11) is -1.97. The van der Waals surface area contributed by atoms with E-state index in [1.165, 1.54) is 30.6 Å². The van der Waals surface area contributed by atoms with Crippen molar-refractivity contribution in [2.45, 2.75) is 55.3 Å². The van der Waals surface area contributed by atoms with Gasteiger partial charge in [-0.25, -0.2) is 8.42 Å². The molecular weight excluding hydrogens is 611 g/mol. The standard InChI is InChI=1S/C32H36F3N3O4S2/c1-41-28-15-23(44(2,39)40)12-13-26(28)36-14-4-7-29-25(16-32(33,34)35)24-5-3-6-27(30(24)43-29)37-21-8-10-22(11-9-21)38-17-31(18-38)19-42-20-31/h3,5-6,12-13,15,21-22,36-37H,8-11,14,16-20H2,1-2H3. The molecule has 2 saturated heterocycles. The Labute approximate surface area is 260 Å². The fourth-order valence-electron chi connectivity index (χ4n) is 6.53. The summed E-state index contributed by atoms with van der Waals surface area (Å²) in [4.78, 5) is 3.10. The Bertz CT molecular complexity index is 1690. The second kappa shape index (κ2) is 12.1. The first kappa shape index (κ1) is 31.0. The predicted molar refractivity (Wildman–Crippen MR) is 168 cm³/mol. The second-order valence-corrected chi connectivity index (χ2v) is 15.3. The molecule has 6 rings (SSSR count). The van der Waals surface area contributed by atoms with Gasteiger partial charge in [0.2, 0.25) is 0 Å². The molecule has 3 heterocycles. The predicted octanol–water partition coefficient (Wildman–Crippen LogP) is 5.94. The SMILES string of the molecule is COc1cc(S(C)(=O)=O)ccc1NCC#Cc1sc2c(NC3CCC(N4CC5(COC5)C4)CC3)cccc2c1CC(F)(F)F. The summed E-state index contributed by atoms with van der Waals surface area (Å²) < 4.78 is 76.3. The van der Waals surface area contributed by atoms with E-state index in [1.807, 2.05) is 12.1 Å². The molecule has 0 bridgehead atoms. The van der Waals surface area contributed by atoms with Crippen LogP contribution in [-0.4, -0.2) is 77.8 Å². The van der Waals surface area contributed by atoms with E-state index in [1.54, 1.807) is 12.1 Å². The molecule has 236 valence electrons. The number of fused-ring (bicyclic) bond motifs is 1. The maximum absolute atomic E-state index is 13.7. The van der Waals surface area contributed by atoms with Gasteiger partial charge in [-0.2, -0.15) is 13.2 Å². The van der Waals surface area contributed by atoms with Crippen LogP contribution in [-0.2, 0) is 21.0 Å². The molecule has 1 aromatic heterocycles. The van der Waals surface area contributed by atoms with Crippen LogP contribution in [0.5, 0.6) is 5.75 Å². The van der Waals surface area contributed by atoms with Crippen LogP contribution in [0.15, 0.2) is 41.3 Å². The van der Waals surface area contributed by atoms with E-state index >= 15 is 0 Å². The zero-order chi connectivity index (χ0) is 31.1. The number of benzene rings is 2. The minimum Gasteiger partial charge on any atom is -0.495 e. The molecule has 2 aliphatic heterocycles. The number of methoxy groups -OCH3 is 1. The summed E-state index contributed by atoms with van der Waals surface area (Å²) in [5.41, 5.74) is 2.00. The highest BCUT2D eigenvalue weighted by Gasteiger charge is 2.50. The van der Waals surface area contributed by atoms with Crippen molar-refractivity contribution < 1.29 is 31.1 Å². The van der Waals surface area contributed by atoms with Gasteiger partial charge in [0, 0.05) is 42.9 Å². The van der Waals surface area contributed by atoms with E-state index in [4.69, 9.17) is 9.47 Å². The fraction of sp³-hybridized carbons (Fsp3) is 0.500. The van der Waals surface area contributed by atoms with Gasteiger partial charge < -0.3 is 20.1 Å². The average molecular weight is 648 g/mol. The number of thiophene rings is 1. The van der Waals surface area contributed by atoms with Gasteiger partial charge in [-0.05, 0) is 54.8 Å². The first-order valence-corrected chi connectivity index (χ1v) is 17.4. The van der Waals surface area contributed by atoms with Crippen molar-refractivity contribution in [1.82, 2.24) is 4.90 Å². The van der Waals surface area contributed by atoms with Gasteiger partial charge in [-0.15, -0.1) is 11.3 Å². The molecule has 1 aliphatic carbocycles. The van der Waals surface area contributed by atoms with Crippen LogP contribution in [0.3, 0.4) is 0 Å². The van der Waals surface area contributed by atoms with Crippen molar-refractivity contribution in [1.29, 1.82) is 0 Å². The number of hydrogen-bond acceptors (Lipinski definition) is 8. The molecule has 7 nitrogen and oxygen atoms in total. The van der Waals surface area contributed by atoms with Crippen molar-refractivity contribution >= 4 is 42.6 Å². The Morgan fingerprint density at radius 2 is 1.86 bits per heavy atom. The number of nitrogens with one attached hydrogen (secondary N) is 2. The smallest absolute Gasteiger partial charge is 0.393 e. The van der Waals surface area contributed by atoms with Gasteiger partial charge >= 0.3 is 6.18 Å². The average Bonchev–Trinajstić information content (AvgIpc) is 3.26. The van der Waals surface area contributed by atoms with Crippen LogP contribution >= 0.6 is 11.3 Å². The van der Waals surface area contributed by atoms with Gasteiger partial charge in [0.05, 0.1) is 59.1 Å². The fourth-order valence-corrected chi connectivity index (χ4v) is 8.33. The number of alkyl halides is 3. The van der Waals surface area contributed by atoms with Gasteiger partial charge in [-0.1, -0.05) is 24.0 Å². The molecule has 0 unspecified atom stereocenters. The Morgan fingerprint density at radius 3 is 2.50 bits per heavy atom. The Morgan fingerprint density at radius 1 is 1.11 bits per heavy atom. The van der Waals surface area contributed by atoms with Crippen LogP contribution < -0.4 is 15.4 Å². The normalized spacial score (nSPS) is 21.7. The number of anilines is 2. The van der Waals surface area contributed by atoms with Crippen LogP contribution in [0.25, 0.3) is 10.1 Å². The second-order valence-electron chi connectivity index (χ2n) is 12.2. The molecule has 2 aromatic carbocycles. The van der Waals surface area contributed by atoms with Crippen LogP contribution in [0, 0.1) is 17.3 Å². The highest BCUT2D eigenvalue weighted by molar-refractivity contribution is 7.90. The number of likely N-dealkylation sites (tertiary alicyclic amines) is 1. The minimum absolute atomic E-state index is 0.124. The maximum Gasteiger partial charge on any atom is 0.393 e. The quantitative estimate of drug-likeness (QED) is 0.293. The summed E-state index contributed by atoms with van der Waals surface area (Å²) in [5, 5.41) is 7.31. The molecule has 12 heteroatoms. The summed E-state index contributed by atoms with van der Waals surface area (Å²) in [6, 6.07) is 10.9. The topological polar surface area (TPSA) is 79.9 Å². The van der Waals surface area contributed by atoms with Crippen molar-refractivity contribution in [3.63, 3.8) is 0 Å². The van der Waals surface area contributed by atoms with Crippen LogP contribution in [0.4, 0.5) is 24.5 Å². The molecule has 0 radical (unpaired) electrons. The molecule has 3 aromatic rings. The van der Waals surface area contributed by atoms with Crippen molar-refractivity contribution in [3.05, 3.63) is 46.8 Å². The van der Waals surface area contributed by atoms with E-state index in [9.17, 15) is 21.6 Å². The molecule has 0 amide bonds. The molecule has 3 fully saturated rings. The van der Waals surface area contributed by atoms with E-state index in [0.717, 1.165) is 68.6 Å². The molecular formula is C32H36F3N3O4S2. The van der Waals surface area contributed by atoms with E-state index in [0.29, 0.717) is 33.2 Å². The number of rotatable bonds is 8. The van der Waals surface area contributed by atoms with Gasteiger partial charge in [0.1, 0.15) is 5.75 Å². The third-order valence-electron chi connectivity index (χ3n) is 8.83. The number of ether oxygens (including phenoxy) is 2. The zero-order valence-corrected chi connectivity index (χ0v) is 26.4. The van der Waals surface area contributed by atoms with E-state index in [-0.39, 0.29) is 23.0 Å². The first-order valence-electron chi connectivity index (χ1n) is 14.7. The molecule has 1 spiro atoms. The molecule has 1 saturated carbocycles. The lowest BCUT2D eigenvalue weighted by Crippen LogP contribution is -2.68. The van der Waals surface area contributed by atoms with Gasteiger partial charge in [-0.3, -0.25) is 4.90 Å². The van der Waals surface area contributed by atoms with Crippen molar-refractivity contribution in [2.24, 2.45) is 5.41 Å². The van der Waals surface area contributed by atoms with Crippen molar-refractivity contribution in [2.75, 3.05) is 56.8 Å². The highest BCUT2D eigenvalue weighted by atomic mass is 32.2. The number of sulfone groups is 1. The van der Waals surface area contributed by atoms with E-state index < -0.39 is 22.4 Å². The highest BCUT2D eigenvalue weighted by Crippen LogP contribution is 2.42. The maximum atomic E-state index is 13.7. The summed E-state index contributed by atoms with van der Waals surface area (Å²) in [5.74, 6) is 6.26. The third kappa shape index (κ3) is 6.66. The third-order valence-corrected chi connectivity index (χ3v) is 11.1. The minimum atomic E-state index is -4.37. The van der Waals surface area contributed by atoms with Crippen LogP contribution in [0.2, 0.25) is 0 Å². The Hall–Kier alpha value is -2.98. The summed E-state index contributed by atoms with van der Waals surface area (Å²) >= 11 is 1.29. The zero-order valence-electron chi connectivity index (χ0n) is 24.7. The number of halogens is 3. The number of hydrogen-bond donors (Lipinski definition) is 2. The lowest BCUT2D eigenvalue weighted by molar-refractivity contribution is -0.200. The Kier molecular flexibility index (Phi) is 8.52. The molecule has 44 heavy (non-hydrogen) atoms. The molecule has 2 N–H and O–H groups in total.